The van der Waals surface area contributed by atoms with E-state index in [1.165, 1.54) is 19.4 Å². The molecular formula is C7H14N. The van der Waals surface area contributed by atoms with Crippen molar-refractivity contribution >= 4 is 0 Å². The van der Waals surface area contributed by atoms with Crippen molar-refractivity contribution in [3.8, 4) is 0 Å². The Balaban J connectivity index is 2.30. The van der Waals surface area contributed by atoms with Crippen molar-refractivity contribution in [2.45, 2.75) is 25.8 Å². The summed E-state index contributed by atoms with van der Waals surface area (Å²) in [6.07, 6.45) is 5.03. The van der Waals surface area contributed by atoms with Crippen molar-refractivity contribution < 1.29 is 0 Å². The molecule has 1 fully saturated rings. The van der Waals surface area contributed by atoms with E-state index >= 15 is 0 Å². The predicted octanol–water partition coefficient (Wildman–Crippen LogP) is 1.30. The van der Waals surface area contributed by atoms with Crippen molar-refractivity contribution in [3.63, 3.8) is 0 Å². The molecule has 0 N–H and O–H groups in total. The Morgan fingerprint density at radius 1 is 1.62 bits per heavy atom. The molecule has 0 bridgehead atoms. The standard InChI is InChI=1S/C7H14N/c1-3-7-5-4-6-8(7)2/h3,7H,4-6H2,1-2H3. The quantitative estimate of drug-likeness (QED) is 0.494. The van der Waals surface area contributed by atoms with Crippen LogP contribution in [0.2, 0.25) is 0 Å². The predicted molar refractivity (Wildman–Crippen MR) is 35.6 cm³/mol. The maximum Gasteiger partial charge on any atom is 0.0121 e. The molecule has 8 heavy (non-hydrogen) atoms. The normalized spacial score (nSPS) is 31.5. The van der Waals surface area contributed by atoms with E-state index in [0.717, 1.165) is 6.04 Å². The fourth-order valence-electron chi connectivity index (χ4n) is 1.36. The van der Waals surface area contributed by atoms with E-state index in [2.05, 4.69) is 25.3 Å². The first-order valence-electron chi connectivity index (χ1n) is 3.34. The Kier molecular flexibility index (Phi) is 1.90. The molecule has 0 spiro atoms. The topological polar surface area (TPSA) is 3.24 Å². The van der Waals surface area contributed by atoms with Gasteiger partial charge in [-0.25, -0.2) is 0 Å². The van der Waals surface area contributed by atoms with Crippen LogP contribution >= 0.6 is 0 Å². The average Bonchev–Trinajstić information content (AvgIpc) is 2.14. The van der Waals surface area contributed by atoms with E-state index in [0.29, 0.717) is 0 Å². The minimum absolute atomic E-state index is 0.773. The van der Waals surface area contributed by atoms with Gasteiger partial charge in [-0.15, -0.1) is 0 Å². The molecule has 1 atom stereocenters. The monoisotopic (exact) mass is 112 g/mol. The molecule has 0 aromatic rings. The Bertz CT molecular complexity index is 70.8. The van der Waals surface area contributed by atoms with Crippen molar-refractivity contribution in [3.05, 3.63) is 6.42 Å². The first kappa shape index (κ1) is 6.09. The van der Waals surface area contributed by atoms with Crippen LogP contribution in [-0.4, -0.2) is 24.5 Å². The first-order valence-corrected chi connectivity index (χ1v) is 3.34. The number of rotatable bonds is 1. The van der Waals surface area contributed by atoms with Crippen LogP contribution in [-0.2, 0) is 0 Å². The van der Waals surface area contributed by atoms with Gasteiger partial charge in [0.1, 0.15) is 0 Å². The summed E-state index contributed by atoms with van der Waals surface area (Å²) in [5, 5.41) is 0. The summed E-state index contributed by atoms with van der Waals surface area (Å²) in [5.41, 5.74) is 0. The molecule has 0 aromatic heterocycles. The van der Waals surface area contributed by atoms with Crippen LogP contribution in [0.4, 0.5) is 0 Å². The Hall–Kier alpha value is -0.0400. The Morgan fingerprint density at radius 3 is 2.62 bits per heavy atom. The zero-order valence-electron chi connectivity index (χ0n) is 5.72. The summed E-state index contributed by atoms with van der Waals surface area (Å²) in [5.74, 6) is 0. The molecule has 0 aliphatic carbocycles. The first-order chi connectivity index (χ1) is 3.84. The third-order valence-electron chi connectivity index (χ3n) is 1.96. The third kappa shape index (κ3) is 1.03. The van der Waals surface area contributed by atoms with Crippen molar-refractivity contribution in [1.29, 1.82) is 0 Å². The van der Waals surface area contributed by atoms with Gasteiger partial charge in [0.2, 0.25) is 0 Å². The number of hydrogen-bond acceptors (Lipinski definition) is 1. The molecule has 1 rings (SSSR count). The smallest absolute Gasteiger partial charge is 0.0121 e. The SMILES string of the molecule is C[CH]C1CCCN1C. The maximum atomic E-state index is 2.40. The Labute approximate surface area is 51.7 Å². The number of hydrogen-bond donors (Lipinski definition) is 0. The van der Waals surface area contributed by atoms with Crippen molar-refractivity contribution in [1.82, 2.24) is 4.90 Å². The van der Waals surface area contributed by atoms with Gasteiger partial charge in [0, 0.05) is 6.04 Å². The largest absolute Gasteiger partial charge is 0.303 e. The minimum Gasteiger partial charge on any atom is -0.303 e. The second-order valence-electron chi connectivity index (χ2n) is 2.52. The van der Waals surface area contributed by atoms with E-state index in [-0.39, 0.29) is 0 Å². The highest BCUT2D eigenvalue weighted by molar-refractivity contribution is 4.84. The van der Waals surface area contributed by atoms with Gasteiger partial charge in [-0.3, -0.25) is 0 Å². The lowest BCUT2D eigenvalue weighted by molar-refractivity contribution is 0.342. The van der Waals surface area contributed by atoms with Gasteiger partial charge in [0.25, 0.3) is 0 Å². The molecule has 1 nitrogen and oxygen atoms in total. The van der Waals surface area contributed by atoms with Crippen LogP contribution in [0.15, 0.2) is 0 Å². The fourth-order valence-corrected chi connectivity index (χ4v) is 1.36. The zero-order valence-corrected chi connectivity index (χ0v) is 5.72. The van der Waals surface area contributed by atoms with Gasteiger partial charge < -0.3 is 4.90 Å². The van der Waals surface area contributed by atoms with Gasteiger partial charge in [0.05, 0.1) is 0 Å². The van der Waals surface area contributed by atoms with Crippen LogP contribution in [0.5, 0.6) is 0 Å². The highest BCUT2D eigenvalue weighted by atomic mass is 15.1. The highest BCUT2D eigenvalue weighted by Crippen LogP contribution is 2.15. The van der Waals surface area contributed by atoms with E-state index in [4.69, 9.17) is 0 Å². The van der Waals surface area contributed by atoms with Gasteiger partial charge in [0.15, 0.2) is 0 Å². The lowest BCUT2D eigenvalue weighted by atomic mass is 10.2. The number of likely N-dealkylation sites (tertiary alicyclic amines) is 1. The molecule has 1 heterocycles. The molecule has 1 saturated heterocycles. The summed E-state index contributed by atoms with van der Waals surface area (Å²) < 4.78 is 0. The van der Waals surface area contributed by atoms with Crippen LogP contribution in [0.3, 0.4) is 0 Å². The van der Waals surface area contributed by atoms with E-state index in [9.17, 15) is 0 Å². The molecule has 1 radical (unpaired) electrons. The fraction of sp³-hybridized carbons (Fsp3) is 0.857. The van der Waals surface area contributed by atoms with Crippen molar-refractivity contribution in [2.75, 3.05) is 13.6 Å². The summed E-state index contributed by atoms with van der Waals surface area (Å²) in [4.78, 5) is 2.40. The second kappa shape index (κ2) is 2.49. The molecule has 1 aliphatic heterocycles. The molecule has 1 heteroatoms. The van der Waals surface area contributed by atoms with Crippen LogP contribution in [0.25, 0.3) is 0 Å². The van der Waals surface area contributed by atoms with Crippen LogP contribution < -0.4 is 0 Å². The summed E-state index contributed by atoms with van der Waals surface area (Å²) >= 11 is 0. The molecule has 1 unspecified atom stereocenters. The van der Waals surface area contributed by atoms with Gasteiger partial charge in [-0.1, -0.05) is 6.92 Å². The van der Waals surface area contributed by atoms with Crippen LogP contribution in [0, 0.1) is 6.42 Å². The molecule has 0 amide bonds. The molecule has 0 saturated carbocycles. The summed E-state index contributed by atoms with van der Waals surface area (Å²) in [6.45, 7) is 3.43. The molecular weight excluding hydrogens is 98.1 g/mol. The third-order valence-corrected chi connectivity index (χ3v) is 1.96. The Morgan fingerprint density at radius 2 is 2.38 bits per heavy atom. The molecule has 1 aliphatic rings. The summed E-state index contributed by atoms with van der Waals surface area (Å²) in [7, 11) is 2.19. The average molecular weight is 112 g/mol. The molecule has 47 valence electrons. The second-order valence-corrected chi connectivity index (χ2v) is 2.52. The summed E-state index contributed by atoms with van der Waals surface area (Å²) in [6, 6.07) is 0.773. The van der Waals surface area contributed by atoms with Gasteiger partial charge in [-0.05, 0) is 32.9 Å². The highest BCUT2D eigenvalue weighted by Gasteiger charge is 2.17. The van der Waals surface area contributed by atoms with E-state index < -0.39 is 0 Å². The maximum absolute atomic E-state index is 2.40. The van der Waals surface area contributed by atoms with E-state index in [1.807, 2.05) is 0 Å². The molecule has 0 aromatic carbocycles. The lowest BCUT2D eigenvalue weighted by Crippen LogP contribution is -2.23. The number of nitrogens with zero attached hydrogens (tertiary/aromatic N) is 1. The lowest BCUT2D eigenvalue weighted by Gasteiger charge is -2.15. The zero-order chi connectivity index (χ0) is 5.98. The van der Waals surface area contributed by atoms with Gasteiger partial charge >= 0.3 is 0 Å². The van der Waals surface area contributed by atoms with Gasteiger partial charge in [-0.2, -0.15) is 0 Å². The van der Waals surface area contributed by atoms with Crippen molar-refractivity contribution in [2.24, 2.45) is 0 Å². The minimum atomic E-state index is 0.773. The van der Waals surface area contributed by atoms with E-state index in [1.54, 1.807) is 0 Å². The van der Waals surface area contributed by atoms with Crippen LogP contribution in [0.1, 0.15) is 19.8 Å².